The molecule has 0 spiro atoms. The lowest BCUT2D eigenvalue weighted by Gasteiger charge is -2.24. The summed E-state index contributed by atoms with van der Waals surface area (Å²) >= 11 is 0. The van der Waals surface area contributed by atoms with Crippen LogP contribution in [0.3, 0.4) is 0 Å². The summed E-state index contributed by atoms with van der Waals surface area (Å²) in [5, 5.41) is 3.63. The van der Waals surface area contributed by atoms with E-state index in [1.54, 1.807) is 0 Å². The lowest BCUT2D eigenvalue weighted by molar-refractivity contribution is -0.130. The van der Waals surface area contributed by atoms with Crippen molar-refractivity contribution in [3.8, 4) is 11.1 Å². The number of rotatable bonds is 3. The van der Waals surface area contributed by atoms with Crippen LogP contribution in [0.1, 0.15) is 24.8 Å². The van der Waals surface area contributed by atoms with E-state index in [0.717, 1.165) is 25.1 Å². The van der Waals surface area contributed by atoms with E-state index in [4.69, 9.17) is 0 Å². The Balaban J connectivity index is 1.40. The maximum absolute atomic E-state index is 12.6. The summed E-state index contributed by atoms with van der Waals surface area (Å²) in [4.78, 5) is 14.7. The molecule has 1 amide bonds. The third kappa shape index (κ3) is 3.36. The van der Waals surface area contributed by atoms with Crippen LogP contribution in [-0.2, 0) is 11.2 Å². The van der Waals surface area contributed by atoms with Gasteiger partial charge < -0.3 is 10.2 Å². The highest BCUT2D eigenvalue weighted by atomic mass is 16.2. The second kappa shape index (κ2) is 6.78. The first kappa shape index (κ1) is 15.4. The fraction of sp³-hybridized carbons (Fsp3) is 0.381. The van der Waals surface area contributed by atoms with Crippen molar-refractivity contribution in [1.82, 2.24) is 10.2 Å². The molecule has 2 fully saturated rings. The minimum Gasteiger partial charge on any atom is -0.341 e. The smallest absolute Gasteiger partial charge is 0.227 e. The Labute approximate surface area is 143 Å². The number of carbonyl (C=O) groups excluding carboxylic acids is 1. The Hall–Kier alpha value is -2.13. The van der Waals surface area contributed by atoms with Gasteiger partial charge in [0, 0.05) is 25.2 Å². The third-order valence-corrected chi connectivity index (χ3v) is 5.29. The van der Waals surface area contributed by atoms with Crippen molar-refractivity contribution in [3.63, 3.8) is 0 Å². The van der Waals surface area contributed by atoms with Crippen molar-refractivity contribution in [2.75, 3.05) is 13.1 Å². The first-order valence-corrected chi connectivity index (χ1v) is 8.96. The molecule has 0 aliphatic carbocycles. The Morgan fingerprint density at radius 1 is 0.917 bits per heavy atom. The molecule has 4 rings (SSSR count). The van der Waals surface area contributed by atoms with Crippen LogP contribution in [0, 0.1) is 0 Å². The van der Waals surface area contributed by atoms with E-state index in [0.29, 0.717) is 18.5 Å². The summed E-state index contributed by atoms with van der Waals surface area (Å²) in [5.74, 6) is 0.261. The van der Waals surface area contributed by atoms with Crippen LogP contribution in [-0.4, -0.2) is 36.0 Å². The zero-order chi connectivity index (χ0) is 16.4. The van der Waals surface area contributed by atoms with Crippen LogP contribution in [0.25, 0.3) is 11.1 Å². The Kier molecular flexibility index (Phi) is 4.35. The number of amides is 1. The number of nitrogens with zero attached hydrogens (tertiary/aromatic N) is 1. The van der Waals surface area contributed by atoms with E-state index < -0.39 is 0 Å². The third-order valence-electron chi connectivity index (χ3n) is 5.29. The summed E-state index contributed by atoms with van der Waals surface area (Å²) in [7, 11) is 0. The zero-order valence-electron chi connectivity index (χ0n) is 13.9. The van der Waals surface area contributed by atoms with Gasteiger partial charge in [0.2, 0.25) is 5.91 Å². The average molecular weight is 320 g/mol. The van der Waals surface area contributed by atoms with Crippen LogP contribution in [0.2, 0.25) is 0 Å². The Morgan fingerprint density at radius 3 is 2.42 bits per heavy atom. The molecular formula is C21H24N2O. The van der Waals surface area contributed by atoms with Gasteiger partial charge in [-0.15, -0.1) is 0 Å². The van der Waals surface area contributed by atoms with E-state index in [1.807, 2.05) is 18.2 Å². The minimum atomic E-state index is 0.261. The second-order valence-corrected chi connectivity index (χ2v) is 7.01. The van der Waals surface area contributed by atoms with Crippen LogP contribution in [0.4, 0.5) is 0 Å². The van der Waals surface area contributed by atoms with E-state index in [-0.39, 0.29) is 5.91 Å². The van der Waals surface area contributed by atoms with Gasteiger partial charge in [0.25, 0.3) is 0 Å². The largest absolute Gasteiger partial charge is 0.341 e. The number of carbonyl (C=O) groups is 1. The van der Waals surface area contributed by atoms with Crippen molar-refractivity contribution >= 4 is 5.91 Å². The number of likely N-dealkylation sites (tertiary alicyclic amines) is 1. The Bertz CT molecular complexity index is 696. The quantitative estimate of drug-likeness (QED) is 0.941. The maximum atomic E-state index is 12.6. The molecular weight excluding hydrogens is 296 g/mol. The summed E-state index contributed by atoms with van der Waals surface area (Å²) in [6.07, 6.45) is 4.08. The predicted molar refractivity (Wildman–Crippen MR) is 96.7 cm³/mol. The molecule has 2 aliphatic rings. The minimum absolute atomic E-state index is 0.261. The number of fused-ring (bicyclic) bond motifs is 2. The van der Waals surface area contributed by atoms with E-state index in [9.17, 15) is 4.79 Å². The number of benzene rings is 2. The van der Waals surface area contributed by atoms with Gasteiger partial charge in [-0.25, -0.2) is 0 Å². The normalized spacial score (nSPS) is 23.1. The number of hydrogen-bond acceptors (Lipinski definition) is 2. The molecule has 0 radical (unpaired) electrons. The standard InChI is InChI=1S/C21H24N2O/c24-21(23-13-12-19-10-11-20(15-23)22-19)14-16-6-8-18(9-7-16)17-4-2-1-3-5-17/h1-9,19-20,22H,10-15H2. The first-order chi connectivity index (χ1) is 11.8. The van der Waals surface area contributed by atoms with E-state index in [1.165, 1.54) is 24.0 Å². The lowest BCUT2D eigenvalue weighted by Crippen LogP contribution is -2.39. The van der Waals surface area contributed by atoms with Crippen LogP contribution in [0.5, 0.6) is 0 Å². The van der Waals surface area contributed by atoms with Crippen molar-refractivity contribution in [2.45, 2.75) is 37.8 Å². The zero-order valence-corrected chi connectivity index (χ0v) is 13.9. The molecule has 124 valence electrons. The number of nitrogens with one attached hydrogen (secondary N) is 1. The molecule has 2 heterocycles. The molecule has 2 aromatic carbocycles. The van der Waals surface area contributed by atoms with Gasteiger partial charge in [-0.05, 0) is 36.0 Å². The van der Waals surface area contributed by atoms with Crippen molar-refractivity contribution in [3.05, 3.63) is 60.2 Å². The molecule has 2 saturated heterocycles. The molecule has 2 unspecified atom stereocenters. The molecule has 3 nitrogen and oxygen atoms in total. The first-order valence-electron chi connectivity index (χ1n) is 8.96. The molecule has 2 bridgehead atoms. The number of hydrogen-bond donors (Lipinski definition) is 1. The molecule has 0 aromatic heterocycles. The topological polar surface area (TPSA) is 32.3 Å². The molecule has 1 N–H and O–H groups in total. The monoisotopic (exact) mass is 320 g/mol. The highest BCUT2D eigenvalue weighted by Crippen LogP contribution is 2.22. The molecule has 2 aliphatic heterocycles. The average Bonchev–Trinajstić information content (AvgIpc) is 2.95. The van der Waals surface area contributed by atoms with Gasteiger partial charge in [0.1, 0.15) is 0 Å². The SMILES string of the molecule is O=C(Cc1ccc(-c2ccccc2)cc1)N1CCC2CCC(C1)N2. The predicted octanol–water partition coefficient (Wildman–Crippen LogP) is 3.25. The summed E-state index contributed by atoms with van der Waals surface area (Å²) in [5.41, 5.74) is 3.51. The van der Waals surface area contributed by atoms with Crippen LogP contribution >= 0.6 is 0 Å². The van der Waals surface area contributed by atoms with E-state index in [2.05, 4.69) is 46.6 Å². The summed E-state index contributed by atoms with van der Waals surface area (Å²) in [6, 6.07) is 19.9. The highest BCUT2D eigenvalue weighted by molar-refractivity contribution is 5.79. The van der Waals surface area contributed by atoms with Gasteiger partial charge in [-0.1, -0.05) is 54.6 Å². The van der Waals surface area contributed by atoms with Gasteiger partial charge in [-0.3, -0.25) is 4.79 Å². The Morgan fingerprint density at radius 2 is 1.62 bits per heavy atom. The lowest BCUT2D eigenvalue weighted by atomic mass is 10.0. The van der Waals surface area contributed by atoms with Crippen molar-refractivity contribution < 1.29 is 4.79 Å². The molecule has 3 heteroatoms. The summed E-state index contributed by atoms with van der Waals surface area (Å²) < 4.78 is 0. The van der Waals surface area contributed by atoms with E-state index >= 15 is 0 Å². The van der Waals surface area contributed by atoms with Crippen LogP contribution < -0.4 is 5.32 Å². The molecule has 2 atom stereocenters. The van der Waals surface area contributed by atoms with Crippen molar-refractivity contribution in [1.29, 1.82) is 0 Å². The maximum Gasteiger partial charge on any atom is 0.227 e. The summed E-state index contributed by atoms with van der Waals surface area (Å²) in [6.45, 7) is 1.77. The van der Waals surface area contributed by atoms with Crippen LogP contribution in [0.15, 0.2) is 54.6 Å². The highest BCUT2D eigenvalue weighted by Gasteiger charge is 2.30. The van der Waals surface area contributed by atoms with Gasteiger partial charge in [-0.2, -0.15) is 0 Å². The second-order valence-electron chi connectivity index (χ2n) is 7.01. The molecule has 24 heavy (non-hydrogen) atoms. The van der Waals surface area contributed by atoms with Gasteiger partial charge >= 0.3 is 0 Å². The molecule has 2 aromatic rings. The van der Waals surface area contributed by atoms with Gasteiger partial charge in [0.05, 0.1) is 6.42 Å². The fourth-order valence-electron chi connectivity index (χ4n) is 3.90. The van der Waals surface area contributed by atoms with Gasteiger partial charge in [0.15, 0.2) is 0 Å². The van der Waals surface area contributed by atoms with Crippen molar-refractivity contribution in [2.24, 2.45) is 0 Å². The molecule has 0 saturated carbocycles. The fourth-order valence-corrected chi connectivity index (χ4v) is 3.90.